The van der Waals surface area contributed by atoms with Gasteiger partial charge in [0.05, 0.1) is 11.3 Å². The SMILES string of the molecule is Cc1cc(F)cc(-c2nn(C)c(N)c2-c2ccccn2)c1. The van der Waals surface area contributed by atoms with Crippen molar-refractivity contribution in [2.45, 2.75) is 6.92 Å². The van der Waals surface area contributed by atoms with E-state index in [1.807, 2.05) is 31.2 Å². The molecular weight excluding hydrogens is 267 g/mol. The third-order valence-corrected chi connectivity index (χ3v) is 3.33. The first-order valence-electron chi connectivity index (χ1n) is 6.57. The molecule has 0 aliphatic carbocycles. The van der Waals surface area contributed by atoms with E-state index in [0.29, 0.717) is 17.1 Å². The van der Waals surface area contributed by atoms with Gasteiger partial charge in [0.1, 0.15) is 17.3 Å². The van der Waals surface area contributed by atoms with Crippen LogP contribution >= 0.6 is 0 Å². The maximum absolute atomic E-state index is 13.7. The molecule has 5 heteroatoms. The Morgan fingerprint density at radius 1 is 1.19 bits per heavy atom. The summed E-state index contributed by atoms with van der Waals surface area (Å²) in [7, 11) is 1.76. The van der Waals surface area contributed by atoms with Crippen LogP contribution in [-0.4, -0.2) is 14.8 Å². The van der Waals surface area contributed by atoms with Crippen LogP contribution in [-0.2, 0) is 7.05 Å². The molecular formula is C16H15FN4. The maximum Gasteiger partial charge on any atom is 0.131 e. The first-order valence-corrected chi connectivity index (χ1v) is 6.57. The molecule has 1 aromatic carbocycles. The van der Waals surface area contributed by atoms with Gasteiger partial charge in [-0.1, -0.05) is 6.07 Å². The molecule has 106 valence electrons. The van der Waals surface area contributed by atoms with E-state index < -0.39 is 0 Å². The summed E-state index contributed by atoms with van der Waals surface area (Å²) in [6.07, 6.45) is 1.70. The maximum atomic E-state index is 13.7. The van der Waals surface area contributed by atoms with Gasteiger partial charge >= 0.3 is 0 Å². The van der Waals surface area contributed by atoms with E-state index in [1.165, 1.54) is 12.1 Å². The minimum atomic E-state index is -0.291. The summed E-state index contributed by atoms with van der Waals surface area (Å²) in [5.41, 5.74) is 9.73. The van der Waals surface area contributed by atoms with Crippen LogP contribution in [0.2, 0.25) is 0 Å². The van der Waals surface area contributed by atoms with Crippen molar-refractivity contribution in [1.82, 2.24) is 14.8 Å². The zero-order chi connectivity index (χ0) is 15.0. The van der Waals surface area contributed by atoms with Crippen molar-refractivity contribution in [3.8, 4) is 22.5 Å². The molecule has 0 amide bonds. The van der Waals surface area contributed by atoms with Gasteiger partial charge in [0, 0.05) is 18.8 Å². The van der Waals surface area contributed by atoms with Crippen LogP contribution in [0.5, 0.6) is 0 Å². The Balaban J connectivity index is 2.26. The summed E-state index contributed by atoms with van der Waals surface area (Å²) in [6, 6.07) is 10.4. The van der Waals surface area contributed by atoms with Gasteiger partial charge in [-0.15, -0.1) is 0 Å². The number of hydrogen-bond donors (Lipinski definition) is 1. The van der Waals surface area contributed by atoms with Gasteiger partial charge in [0.2, 0.25) is 0 Å². The quantitative estimate of drug-likeness (QED) is 0.785. The Labute approximate surface area is 122 Å². The fourth-order valence-corrected chi connectivity index (χ4v) is 2.38. The first-order chi connectivity index (χ1) is 10.1. The van der Waals surface area contributed by atoms with Crippen molar-refractivity contribution in [2.75, 3.05) is 5.73 Å². The van der Waals surface area contributed by atoms with Gasteiger partial charge in [-0.05, 0) is 42.8 Å². The minimum absolute atomic E-state index is 0.291. The molecule has 0 spiro atoms. The van der Waals surface area contributed by atoms with Crippen molar-refractivity contribution in [1.29, 1.82) is 0 Å². The van der Waals surface area contributed by atoms with E-state index in [2.05, 4.69) is 10.1 Å². The van der Waals surface area contributed by atoms with Crippen molar-refractivity contribution in [3.63, 3.8) is 0 Å². The second kappa shape index (κ2) is 5.01. The Kier molecular flexibility index (Phi) is 3.17. The topological polar surface area (TPSA) is 56.7 Å². The zero-order valence-electron chi connectivity index (χ0n) is 11.8. The molecule has 0 saturated heterocycles. The minimum Gasteiger partial charge on any atom is -0.383 e. The van der Waals surface area contributed by atoms with Gasteiger partial charge in [0.15, 0.2) is 0 Å². The fourth-order valence-electron chi connectivity index (χ4n) is 2.38. The molecule has 2 aromatic heterocycles. The van der Waals surface area contributed by atoms with E-state index in [-0.39, 0.29) is 5.82 Å². The molecule has 3 rings (SSSR count). The Bertz CT molecular complexity index is 773. The number of hydrogen-bond acceptors (Lipinski definition) is 3. The van der Waals surface area contributed by atoms with Crippen molar-refractivity contribution in [3.05, 3.63) is 54.0 Å². The molecule has 0 fully saturated rings. The lowest BCUT2D eigenvalue weighted by Gasteiger charge is -2.05. The number of aromatic nitrogens is 3. The normalized spacial score (nSPS) is 10.8. The smallest absolute Gasteiger partial charge is 0.131 e. The van der Waals surface area contributed by atoms with E-state index in [0.717, 1.165) is 16.8 Å². The number of nitrogens with zero attached hydrogens (tertiary/aromatic N) is 3. The average molecular weight is 282 g/mol. The molecule has 21 heavy (non-hydrogen) atoms. The number of benzene rings is 1. The van der Waals surface area contributed by atoms with Crippen LogP contribution in [0.4, 0.5) is 10.2 Å². The molecule has 2 N–H and O–H groups in total. The van der Waals surface area contributed by atoms with Crippen LogP contribution in [0, 0.1) is 12.7 Å². The highest BCUT2D eigenvalue weighted by Gasteiger charge is 2.18. The van der Waals surface area contributed by atoms with E-state index in [1.54, 1.807) is 17.9 Å². The molecule has 2 heterocycles. The number of halogens is 1. The number of nitrogens with two attached hydrogens (primary N) is 1. The Morgan fingerprint density at radius 3 is 2.67 bits per heavy atom. The number of pyridine rings is 1. The van der Waals surface area contributed by atoms with Gasteiger partial charge in [-0.2, -0.15) is 5.10 Å². The predicted molar refractivity (Wildman–Crippen MR) is 81.0 cm³/mol. The number of anilines is 1. The summed E-state index contributed by atoms with van der Waals surface area (Å²) >= 11 is 0. The third kappa shape index (κ3) is 2.38. The van der Waals surface area contributed by atoms with E-state index in [4.69, 9.17) is 5.73 Å². The average Bonchev–Trinajstić information content (AvgIpc) is 2.75. The van der Waals surface area contributed by atoms with Crippen molar-refractivity contribution >= 4 is 5.82 Å². The zero-order valence-corrected chi connectivity index (χ0v) is 11.8. The molecule has 0 aliphatic heterocycles. The highest BCUT2D eigenvalue weighted by molar-refractivity contribution is 5.86. The lowest BCUT2D eigenvalue weighted by molar-refractivity contribution is 0.627. The molecule has 0 radical (unpaired) electrons. The second-order valence-corrected chi connectivity index (χ2v) is 4.96. The van der Waals surface area contributed by atoms with Crippen LogP contribution in [0.15, 0.2) is 42.6 Å². The molecule has 0 saturated carbocycles. The van der Waals surface area contributed by atoms with Gasteiger partial charge < -0.3 is 5.73 Å². The van der Waals surface area contributed by atoms with Crippen LogP contribution < -0.4 is 5.73 Å². The Morgan fingerprint density at radius 2 is 2.00 bits per heavy atom. The lowest BCUT2D eigenvalue weighted by Crippen LogP contribution is -1.98. The van der Waals surface area contributed by atoms with Gasteiger partial charge in [-0.3, -0.25) is 9.67 Å². The molecule has 0 unspecified atom stereocenters. The van der Waals surface area contributed by atoms with Crippen LogP contribution in [0.1, 0.15) is 5.56 Å². The highest BCUT2D eigenvalue weighted by Crippen LogP contribution is 2.35. The van der Waals surface area contributed by atoms with Crippen molar-refractivity contribution < 1.29 is 4.39 Å². The number of aryl methyl sites for hydroxylation is 2. The highest BCUT2D eigenvalue weighted by atomic mass is 19.1. The lowest BCUT2D eigenvalue weighted by atomic mass is 10.0. The first kappa shape index (κ1) is 13.3. The van der Waals surface area contributed by atoms with Gasteiger partial charge in [-0.25, -0.2) is 4.39 Å². The van der Waals surface area contributed by atoms with Gasteiger partial charge in [0.25, 0.3) is 0 Å². The molecule has 4 nitrogen and oxygen atoms in total. The molecule has 0 atom stereocenters. The fraction of sp³-hybridized carbons (Fsp3) is 0.125. The summed E-state index contributed by atoms with van der Waals surface area (Å²) in [5.74, 6) is 0.215. The monoisotopic (exact) mass is 282 g/mol. The predicted octanol–water partition coefficient (Wildman–Crippen LogP) is 3.18. The third-order valence-electron chi connectivity index (χ3n) is 3.33. The van der Waals surface area contributed by atoms with E-state index in [9.17, 15) is 4.39 Å². The molecule has 0 aliphatic rings. The summed E-state index contributed by atoms with van der Waals surface area (Å²) in [5, 5.41) is 4.42. The second-order valence-electron chi connectivity index (χ2n) is 4.96. The van der Waals surface area contributed by atoms with E-state index >= 15 is 0 Å². The van der Waals surface area contributed by atoms with Crippen LogP contribution in [0.3, 0.4) is 0 Å². The summed E-state index contributed by atoms with van der Waals surface area (Å²) < 4.78 is 15.3. The standard InChI is InChI=1S/C16H15FN4/c1-10-7-11(9-12(17)8-10)15-14(16(18)21(2)20-15)13-5-3-4-6-19-13/h3-9H,18H2,1-2H3. The largest absolute Gasteiger partial charge is 0.383 e. The summed E-state index contributed by atoms with van der Waals surface area (Å²) in [4.78, 5) is 4.33. The Hall–Kier alpha value is -2.69. The van der Waals surface area contributed by atoms with Crippen LogP contribution in [0.25, 0.3) is 22.5 Å². The number of nitrogen functional groups attached to an aromatic ring is 1. The van der Waals surface area contributed by atoms with Crippen molar-refractivity contribution in [2.24, 2.45) is 7.05 Å². The molecule has 3 aromatic rings. The molecule has 0 bridgehead atoms. The number of rotatable bonds is 2. The summed E-state index contributed by atoms with van der Waals surface area (Å²) in [6.45, 7) is 1.85.